The van der Waals surface area contributed by atoms with E-state index in [1.54, 1.807) is 6.26 Å². The topological polar surface area (TPSA) is 121 Å². The number of para-hydroxylation sites is 2. The fourth-order valence-electron chi connectivity index (χ4n) is 3.46. The van der Waals surface area contributed by atoms with Crippen LogP contribution in [-0.4, -0.2) is 29.7 Å². The molecular weight excluding hydrogens is 448 g/mol. The zero-order chi connectivity index (χ0) is 23.5. The van der Waals surface area contributed by atoms with Crippen molar-refractivity contribution in [2.24, 2.45) is 0 Å². The first-order valence-corrected chi connectivity index (χ1v) is 11.5. The maximum absolute atomic E-state index is 6.00. The summed E-state index contributed by atoms with van der Waals surface area (Å²) < 4.78 is 7.52. The maximum atomic E-state index is 6.00. The molecule has 0 aliphatic carbocycles. The normalized spacial score (nSPS) is 11.9. The lowest BCUT2D eigenvalue weighted by Crippen LogP contribution is -2.09. The van der Waals surface area contributed by atoms with Crippen molar-refractivity contribution >= 4 is 29.3 Å². The summed E-state index contributed by atoms with van der Waals surface area (Å²) in [5.41, 5.74) is 8.69. The van der Waals surface area contributed by atoms with Gasteiger partial charge in [0.15, 0.2) is 11.0 Å². The quantitative estimate of drug-likeness (QED) is 0.309. The van der Waals surface area contributed by atoms with E-state index in [0.29, 0.717) is 22.8 Å². The number of anilines is 3. The Morgan fingerprint density at radius 1 is 0.941 bits per heavy atom. The number of thioether (sulfide) groups is 1. The zero-order valence-corrected chi connectivity index (χ0v) is 19.4. The van der Waals surface area contributed by atoms with Gasteiger partial charge in [0.1, 0.15) is 11.6 Å². The van der Waals surface area contributed by atoms with Gasteiger partial charge in [-0.3, -0.25) is 4.57 Å². The molecule has 0 aliphatic rings. The van der Waals surface area contributed by atoms with E-state index in [1.165, 1.54) is 11.8 Å². The number of rotatable bonds is 7. The van der Waals surface area contributed by atoms with Crippen molar-refractivity contribution in [3.05, 3.63) is 84.6 Å². The number of hydrogen-bond donors (Lipinski definition) is 2. The fraction of sp³-hybridized carbons (Fsp3) is 0.125. The highest BCUT2D eigenvalue weighted by atomic mass is 32.2. The van der Waals surface area contributed by atoms with Gasteiger partial charge in [0, 0.05) is 11.4 Å². The van der Waals surface area contributed by atoms with E-state index in [1.807, 2.05) is 85.1 Å². The van der Waals surface area contributed by atoms with Crippen LogP contribution in [0.2, 0.25) is 0 Å². The molecule has 2 aromatic carbocycles. The number of benzene rings is 2. The van der Waals surface area contributed by atoms with Gasteiger partial charge in [-0.15, -0.1) is 10.2 Å². The van der Waals surface area contributed by atoms with Crippen LogP contribution < -0.4 is 11.1 Å². The van der Waals surface area contributed by atoms with Gasteiger partial charge in [-0.1, -0.05) is 48.2 Å². The van der Waals surface area contributed by atoms with Gasteiger partial charge >= 0.3 is 0 Å². The standard InChI is InChI=1S/C24H22N8OS/c1-15-19(13-14-33-15)21-30-31-24(32(21)18-11-7-4-8-12-18)34-16(2)20-27-22(25)29-23(28-20)26-17-9-5-3-6-10-17/h3-14,16H,1-2H3,(H3,25,26,27,28,29). The molecule has 0 amide bonds. The maximum Gasteiger partial charge on any atom is 0.232 e. The molecular formula is C24H22N8OS. The van der Waals surface area contributed by atoms with Crippen LogP contribution in [0.25, 0.3) is 17.1 Å². The summed E-state index contributed by atoms with van der Waals surface area (Å²) in [6.45, 7) is 3.90. The third kappa shape index (κ3) is 4.48. The molecule has 3 N–H and O–H groups in total. The van der Waals surface area contributed by atoms with Crippen molar-refractivity contribution in [2.75, 3.05) is 11.1 Å². The predicted molar refractivity (Wildman–Crippen MR) is 132 cm³/mol. The number of nitrogens with one attached hydrogen (secondary N) is 1. The minimum absolute atomic E-state index is 0.148. The first-order valence-electron chi connectivity index (χ1n) is 10.6. The second-order valence-electron chi connectivity index (χ2n) is 7.49. The van der Waals surface area contributed by atoms with Crippen LogP contribution in [0.1, 0.15) is 23.8 Å². The monoisotopic (exact) mass is 470 g/mol. The predicted octanol–water partition coefficient (Wildman–Crippen LogP) is 5.20. The lowest BCUT2D eigenvalue weighted by atomic mass is 10.2. The average molecular weight is 471 g/mol. The van der Waals surface area contributed by atoms with E-state index in [-0.39, 0.29) is 11.2 Å². The van der Waals surface area contributed by atoms with Crippen molar-refractivity contribution in [3.8, 4) is 17.1 Å². The molecule has 9 nitrogen and oxygen atoms in total. The van der Waals surface area contributed by atoms with E-state index in [4.69, 9.17) is 10.2 Å². The first kappa shape index (κ1) is 21.7. The Bertz CT molecular complexity index is 1400. The van der Waals surface area contributed by atoms with E-state index in [2.05, 4.69) is 30.5 Å². The van der Waals surface area contributed by atoms with Crippen molar-refractivity contribution in [1.29, 1.82) is 0 Å². The van der Waals surface area contributed by atoms with Gasteiger partial charge in [-0.05, 0) is 44.2 Å². The number of hydrogen-bond acceptors (Lipinski definition) is 9. The Morgan fingerprint density at radius 3 is 2.38 bits per heavy atom. The molecule has 5 rings (SSSR count). The molecule has 0 saturated carbocycles. The highest BCUT2D eigenvalue weighted by molar-refractivity contribution is 7.99. The van der Waals surface area contributed by atoms with E-state index in [0.717, 1.165) is 22.7 Å². The van der Waals surface area contributed by atoms with Crippen LogP contribution >= 0.6 is 11.8 Å². The number of aryl methyl sites for hydroxylation is 1. The SMILES string of the molecule is Cc1occc1-c1nnc(SC(C)c2nc(N)nc(Nc3ccccc3)n2)n1-c1ccccc1. The molecule has 34 heavy (non-hydrogen) atoms. The van der Waals surface area contributed by atoms with Gasteiger partial charge in [-0.25, -0.2) is 0 Å². The molecule has 0 radical (unpaired) electrons. The minimum Gasteiger partial charge on any atom is -0.469 e. The van der Waals surface area contributed by atoms with Crippen LogP contribution in [0.5, 0.6) is 0 Å². The van der Waals surface area contributed by atoms with Gasteiger partial charge in [0.05, 0.1) is 17.1 Å². The summed E-state index contributed by atoms with van der Waals surface area (Å²) in [5, 5.41) is 12.7. The average Bonchev–Trinajstić information content (AvgIpc) is 3.45. The third-order valence-electron chi connectivity index (χ3n) is 5.09. The molecule has 3 heterocycles. The van der Waals surface area contributed by atoms with Gasteiger partial charge in [-0.2, -0.15) is 15.0 Å². The molecule has 170 valence electrons. The molecule has 1 atom stereocenters. The van der Waals surface area contributed by atoms with E-state index < -0.39 is 0 Å². The number of nitrogens with zero attached hydrogens (tertiary/aromatic N) is 6. The molecule has 0 spiro atoms. The van der Waals surface area contributed by atoms with Crippen LogP contribution in [-0.2, 0) is 0 Å². The van der Waals surface area contributed by atoms with Gasteiger partial charge < -0.3 is 15.5 Å². The lowest BCUT2D eigenvalue weighted by molar-refractivity contribution is 0.535. The summed E-state index contributed by atoms with van der Waals surface area (Å²) in [5.74, 6) is 2.56. The molecule has 0 bridgehead atoms. The Morgan fingerprint density at radius 2 is 1.68 bits per heavy atom. The van der Waals surface area contributed by atoms with Crippen LogP contribution in [0.4, 0.5) is 17.6 Å². The highest BCUT2D eigenvalue weighted by Gasteiger charge is 2.22. The van der Waals surface area contributed by atoms with E-state index in [9.17, 15) is 0 Å². The summed E-state index contributed by atoms with van der Waals surface area (Å²) in [6, 6.07) is 21.5. The Balaban J connectivity index is 1.48. The zero-order valence-electron chi connectivity index (χ0n) is 18.6. The van der Waals surface area contributed by atoms with Crippen LogP contribution in [0.3, 0.4) is 0 Å². The summed E-state index contributed by atoms with van der Waals surface area (Å²) in [4.78, 5) is 13.2. The van der Waals surface area contributed by atoms with Crippen molar-refractivity contribution in [2.45, 2.75) is 24.3 Å². The fourth-order valence-corrected chi connectivity index (χ4v) is 4.37. The van der Waals surface area contributed by atoms with Gasteiger partial charge in [0.25, 0.3) is 0 Å². The molecule has 0 fully saturated rings. The molecule has 0 aliphatic heterocycles. The molecule has 10 heteroatoms. The van der Waals surface area contributed by atoms with Crippen molar-refractivity contribution < 1.29 is 4.42 Å². The summed E-state index contributed by atoms with van der Waals surface area (Å²) in [6.07, 6.45) is 1.65. The molecule has 1 unspecified atom stereocenters. The molecule has 5 aromatic rings. The Hall–Kier alpha value is -4.18. The second-order valence-corrected chi connectivity index (χ2v) is 8.80. The Kier molecular flexibility index (Phi) is 5.96. The largest absolute Gasteiger partial charge is 0.469 e. The van der Waals surface area contributed by atoms with Crippen LogP contribution in [0, 0.1) is 6.92 Å². The molecule has 3 aromatic heterocycles. The number of furan rings is 1. The van der Waals surface area contributed by atoms with Crippen molar-refractivity contribution in [3.63, 3.8) is 0 Å². The van der Waals surface area contributed by atoms with Crippen molar-refractivity contribution in [1.82, 2.24) is 29.7 Å². The number of nitrogens with two attached hydrogens (primary N) is 1. The third-order valence-corrected chi connectivity index (χ3v) is 6.13. The minimum atomic E-state index is -0.174. The smallest absolute Gasteiger partial charge is 0.232 e. The second kappa shape index (κ2) is 9.36. The summed E-state index contributed by atoms with van der Waals surface area (Å²) in [7, 11) is 0. The van der Waals surface area contributed by atoms with Gasteiger partial charge in [0.2, 0.25) is 11.9 Å². The Labute approximate surface area is 200 Å². The summed E-state index contributed by atoms with van der Waals surface area (Å²) >= 11 is 1.49. The number of aromatic nitrogens is 6. The lowest BCUT2D eigenvalue weighted by Gasteiger charge is -2.14. The highest BCUT2D eigenvalue weighted by Crippen LogP contribution is 2.37. The number of nitrogen functional groups attached to an aromatic ring is 1. The molecule has 0 saturated heterocycles. The van der Waals surface area contributed by atoms with Crippen LogP contribution in [0.15, 0.2) is 82.6 Å². The van der Waals surface area contributed by atoms with E-state index >= 15 is 0 Å². The first-order chi connectivity index (χ1) is 16.6.